The molecule has 1 unspecified atom stereocenters. The zero-order chi connectivity index (χ0) is 17.9. The van der Waals surface area contributed by atoms with Gasteiger partial charge in [-0.15, -0.1) is 5.10 Å². The summed E-state index contributed by atoms with van der Waals surface area (Å²) in [4.78, 5) is 14.6. The van der Waals surface area contributed by atoms with Gasteiger partial charge < -0.3 is 4.90 Å². The first-order valence-electron chi connectivity index (χ1n) is 8.89. The van der Waals surface area contributed by atoms with Gasteiger partial charge in [-0.3, -0.25) is 9.89 Å². The Balaban J connectivity index is 1.57. The molecule has 6 nitrogen and oxygen atoms in total. The summed E-state index contributed by atoms with van der Waals surface area (Å²) in [6, 6.07) is 11.9. The SMILES string of the molecule is Cc1ccc(-c2cn[nH]c2C2CCCN(C(=O)c3cccnn3)C2)cc1. The molecule has 1 N–H and O–H groups in total. The molecule has 2 aromatic heterocycles. The Morgan fingerprint density at radius 1 is 1.23 bits per heavy atom. The minimum atomic E-state index is -0.0563. The van der Waals surface area contributed by atoms with Crippen molar-refractivity contribution in [3.8, 4) is 11.1 Å². The fourth-order valence-electron chi connectivity index (χ4n) is 3.55. The molecule has 1 aromatic carbocycles. The number of nitrogens with one attached hydrogen (secondary N) is 1. The lowest BCUT2D eigenvalue weighted by molar-refractivity contribution is 0.0699. The maximum atomic E-state index is 12.7. The third-order valence-electron chi connectivity index (χ3n) is 4.94. The molecule has 4 rings (SSSR count). The molecule has 1 aliphatic rings. The van der Waals surface area contributed by atoms with Gasteiger partial charge in [-0.05, 0) is 37.5 Å². The van der Waals surface area contributed by atoms with Crippen LogP contribution >= 0.6 is 0 Å². The van der Waals surface area contributed by atoms with E-state index in [-0.39, 0.29) is 11.8 Å². The molecular formula is C20H21N5O. The van der Waals surface area contributed by atoms with Gasteiger partial charge in [-0.2, -0.15) is 10.2 Å². The highest BCUT2D eigenvalue weighted by Gasteiger charge is 2.28. The van der Waals surface area contributed by atoms with Crippen LogP contribution in [0.3, 0.4) is 0 Å². The van der Waals surface area contributed by atoms with E-state index in [0.717, 1.165) is 36.2 Å². The lowest BCUT2D eigenvalue weighted by Gasteiger charge is -2.32. The molecule has 1 atom stereocenters. The number of hydrogen-bond acceptors (Lipinski definition) is 4. The molecule has 132 valence electrons. The Morgan fingerprint density at radius 3 is 2.85 bits per heavy atom. The van der Waals surface area contributed by atoms with Crippen molar-refractivity contribution in [1.82, 2.24) is 25.3 Å². The monoisotopic (exact) mass is 347 g/mol. The predicted molar refractivity (Wildman–Crippen MR) is 98.7 cm³/mol. The highest BCUT2D eigenvalue weighted by molar-refractivity contribution is 5.92. The minimum Gasteiger partial charge on any atom is -0.337 e. The first-order valence-corrected chi connectivity index (χ1v) is 8.89. The van der Waals surface area contributed by atoms with E-state index in [2.05, 4.69) is 51.6 Å². The summed E-state index contributed by atoms with van der Waals surface area (Å²) in [5, 5.41) is 15.2. The lowest BCUT2D eigenvalue weighted by atomic mass is 9.90. The number of carbonyl (C=O) groups is 1. The summed E-state index contributed by atoms with van der Waals surface area (Å²) in [6.45, 7) is 3.49. The van der Waals surface area contributed by atoms with Gasteiger partial charge in [0.2, 0.25) is 0 Å². The van der Waals surface area contributed by atoms with E-state index in [1.165, 1.54) is 5.56 Å². The molecule has 1 aliphatic heterocycles. The van der Waals surface area contributed by atoms with Crippen LogP contribution in [0.1, 0.15) is 40.5 Å². The highest BCUT2D eigenvalue weighted by Crippen LogP contribution is 2.33. The molecule has 1 saturated heterocycles. The molecule has 0 aliphatic carbocycles. The van der Waals surface area contributed by atoms with Gasteiger partial charge >= 0.3 is 0 Å². The number of hydrogen-bond donors (Lipinski definition) is 1. The highest BCUT2D eigenvalue weighted by atomic mass is 16.2. The van der Waals surface area contributed by atoms with Crippen LogP contribution in [0, 0.1) is 6.92 Å². The van der Waals surface area contributed by atoms with Crippen LogP contribution in [0.15, 0.2) is 48.8 Å². The maximum absolute atomic E-state index is 12.7. The summed E-state index contributed by atoms with van der Waals surface area (Å²) < 4.78 is 0. The largest absolute Gasteiger partial charge is 0.337 e. The molecule has 6 heteroatoms. The molecule has 0 saturated carbocycles. The van der Waals surface area contributed by atoms with Crippen LogP contribution in [-0.2, 0) is 0 Å². The van der Waals surface area contributed by atoms with Crippen LogP contribution in [0.5, 0.6) is 0 Å². The van der Waals surface area contributed by atoms with Crippen molar-refractivity contribution < 1.29 is 4.79 Å². The van der Waals surface area contributed by atoms with E-state index in [1.54, 1.807) is 18.3 Å². The molecular weight excluding hydrogens is 326 g/mol. The average molecular weight is 347 g/mol. The summed E-state index contributed by atoms with van der Waals surface area (Å²) >= 11 is 0. The van der Waals surface area contributed by atoms with Gasteiger partial charge in [0, 0.05) is 36.5 Å². The Morgan fingerprint density at radius 2 is 2.08 bits per heavy atom. The third-order valence-corrected chi connectivity index (χ3v) is 4.94. The number of aryl methyl sites for hydroxylation is 1. The number of piperidine rings is 1. The molecule has 0 spiro atoms. The van der Waals surface area contributed by atoms with Gasteiger partial charge in [-0.1, -0.05) is 29.8 Å². The average Bonchev–Trinajstić information content (AvgIpc) is 3.19. The topological polar surface area (TPSA) is 74.8 Å². The zero-order valence-corrected chi connectivity index (χ0v) is 14.7. The molecule has 26 heavy (non-hydrogen) atoms. The van der Waals surface area contributed by atoms with Crippen LogP contribution in [0.2, 0.25) is 0 Å². The van der Waals surface area contributed by atoms with Crippen LogP contribution in [-0.4, -0.2) is 44.3 Å². The third kappa shape index (κ3) is 3.22. The Kier molecular flexibility index (Phi) is 4.48. The molecule has 1 amide bonds. The van der Waals surface area contributed by atoms with Crippen molar-refractivity contribution >= 4 is 5.91 Å². The van der Waals surface area contributed by atoms with Crippen molar-refractivity contribution in [2.24, 2.45) is 0 Å². The smallest absolute Gasteiger partial charge is 0.274 e. The Labute approximate surface area is 152 Å². The number of rotatable bonds is 3. The van der Waals surface area contributed by atoms with Gasteiger partial charge in [0.25, 0.3) is 5.91 Å². The van der Waals surface area contributed by atoms with E-state index in [4.69, 9.17) is 0 Å². The molecule has 0 radical (unpaired) electrons. The summed E-state index contributed by atoms with van der Waals surface area (Å²) in [7, 11) is 0. The fraction of sp³-hybridized carbons (Fsp3) is 0.300. The minimum absolute atomic E-state index is 0.0563. The second kappa shape index (κ2) is 7.07. The Hall–Kier alpha value is -3.02. The summed E-state index contributed by atoms with van der Waals surface area (Å²) in [5.74, 6) is 0.183. The van der Waals surface area contributed by atoms with E-state index < -0.39 is 0 Å². The molecule has 1 fully saturated rings. The molecule has 3 heterocycles. The molecule has 3 aromatic rings. The van der Waals surface area contributed by atoms with E-state index in [0.29, 0.717) is 12.2 Å². The zero-order valence-electron chi connectivity index (χ0n) is 14.7. The maximum Gasteiger partial charge on any atom is 0.274 e. The number of carbonyl (C=O) groups excluding carboxylic acids is 1. The van der Waals surface area contributed by atoms with Gasteiger partial charge in [0.1, 0.15) is 0 Å². The van der Waals surface area contributed by atoms with Gasteiger partial charge in [0.15, 0.2) is 5.69 Å². The van der Waals surface area contributed by atoms with Crippen LogP contribution in [0.25, 0.3) is 11.1 Å². The van der Waals surface area contributed by atoms with E-state index >= 15 is 0 Å². The number of amides is 1. The van der Waals surface area contributed by atoms with E-state index in [1.807, 2.05) is 11.1 Å². The standard InChI is InChI=1S/C20H21N5O/c1-14-6-8-15(9-7-14)17-12-22-24-19(17)16-4-3-11-25(13-16)20(26)18-5-2-10-21-23-18/h2,5-10,12,16H,3-4,11,13H2,1H3,(H,22,24). The number of nitrogens with zero attached hydrogens (tertiary/aromatic N) is 4. The van der Waals surface area contributed by atoms with Crippen LogP contribution < -0.4 is 0 Å². The number of aromatic nitrogens is 4. The first kappa shape index (κ1) is 16.4. The number of H-pyrrole nitrogens is 1. The number of benzene rings is 1. The van der Waals surface area contributed by atoms with Crippen molar-refractivity contribution in [2.75, 3.05) is 13.1 Å². The van der Waals surface area contributed by atoms with Crippen LogP contribution in [0.4, 0.5) is 0 Å². The van der Waals surface area contributed by atoms with E-state index in [9.17, 15) is 4.79 Å². The normalized spacial score (nSPS) is 17.3. The first-order chi connectivity index (χ1) is 12.7. The lowest BCUT2D eigenvalue weighted by Crippen LogP contribution is -2.39. The van der Waals surface area contributed by atoms with Gasteiger partial charge in [-0.25, -0.2) is 0 Å². The number of likely N-dealkylation sites (tertiary alicyclic amines) is 1. The quantitative estimate of drug-likeness (QED) is 0.789. The summed E-state index contributed by atoms with van der Waals surface area (Å²) in [6.07, 6.45) is 5.45. The Bertz CT molecular complexity index is 888. The van der Waals surface area contributed by atoms with Crippen molar-refractivity contribution in [1.29, 1.82) is 0 Å². The second-order valence-electron chi connectivity index (χ2n) is 6.76. The van der Waals surface area contributed by atoms with Gasteiger partial charge in [0.05, 0.1) is 6.20 Å². The predicted octanol–water partition coefficient (Wildman–Crippen LogP) is 3.19. The summed E-state index contributed by atoms with van der Waals surface area (Å²) in [5.41, 5.74) is 5.00. The van der Waals surface area contributed by atoms with Crippen molar-refractivity contribution in [3.63, 3.8) is 0 Å². The molecule has 0 bridgehead atoms. The number of aromatic amines is 1. The van der Waals surface area contributed by atoms with Crippen molar-refractivity contribution in [3.05, 3.63) is 65.7 Å². The second-order valence-corrected chi connectivity index (χ2v) is 6.76. The van der Waals surface area contributed by atoms with Crippen molar-refractivity contribution in [2.45, 2.75) is 25.7 Å². The fourth-order valence-corrected chi connectivity index (χ4v) is 3.55.